The first-order valence-corrected chi connectivity index (χ1v) is 8.79. The summed E-state index contributed by atoms with van der Waals surface area (Å²) in [6.45, 7) is 7.37. The van der Waals surface area contributed by atoms with E-state index in [1.54, 1.807) is 11.9 Å². The van der Waals surface area contributed by atoms with Crippen molar-refractivity contribution < 1.29 is 9.59 Å². The molecule has 0 aliphatic rings. The van der Waals surface area contributed by atoms with Crippen LogP contribution in [0.15, 0.2) is 30.3 Å². The Bertz CT molecular complexity index is 548. The third-order valence-corrected chi connectivity index (χ3v) is 3.99. The first-order valence-electron chi connectivity index (χ1n) is 8.79. The number of rotatable bonds is 9. The normalized spacial score (nSPS) is 13.2. The van der Waals surface area contributed by atoms with Crippen LogP contribution in [0.25, 0.3) is 0 Å². The molecule has 6 heteroatoms. The van der Waals surface area contributed by atoms with Crippen LogP contribution in [0, 0.1) is 5.92 Å². The van der Waals surface area contributed by atoms with Crippen LogP contribution in [0.5, 0.6) is 0 Å². The molecule has 0 heterocycles. The molecule has 4 N–H and O–H groups in total. The molecule has 1 aromatic carbocycles. The minimum absolute atomic E-state index is 0.0976. The van der Waals surface area contributed by atoms with E-state index in [1.807, 2.05) is 37.3 Å². The molecule has 0 aromatic heterocycles. The summed E-state index contributed by atoms with van der Waals surface area (Å²) in [6.07, 6.45) is 1.06. The fourth-order valence-corrected chi connectivity index (χ4v) is 2.83. The van der Waals surface area contributed by atoms with Crippen LogP contribution >= 0.6 is 0 Å². The molecule has 0 fully saturated rings. The van der Waals surface area contributed by atoms with Crippen molar-refractivity contribution in [1.29, 1.82) is 0 Å². The SMILES string of the molecule is CC(C)CC(C)(CN)NC(=O)CCNC(=O)N(C)Cc1ccccc1. The molecule has 25 heavy (non-hydrogen) atoms. The lowest BCUT2D eigenvalue weighted by Crippen LogP contribution is -2.52. The maximum Gasteiger partial charge on any atom is 0.317 e. The summed E-state index contributed by atoms with van der Waals surface area (Å²) in [6, 6.07) is 9.57. The van der Waals surface area contributed by atoms with Crippen LogP contribution in [0.4, 0.5) is 4.79 Å². The minimum Gasteiger partial charge on any atom is -0.350 e. The maximum absolute atomic E-state index is 12.1. The third-order valence-electron chi connectivity index (χ3n) is 3.99. The first-order chi connectivity index (χ1) is 11.8. The quantitative estimate of drug-likeness (QED) is 0.638. The summed E-state index contributed by atoms with van der Waals surface area (Å²) >= 11 is 0. The topological polar surface area (TPSA) is 87.5 Å². The van der Waals surface area contributed by atoms with E-state index >= 15 is 0 Å². The standard InChI is InChI=1S/C19H32N4O2/c1-15(2)12-19(3,14-20)22-17(24)10-11-21-18(25)23(4)13-16-8-6-5-7-9-16/h5-9,15H,10-14,20H2,1-4H3,(H,21,25)(H,22,24). The van der Waals surface area contributed by atoms with Gasteiger partial charge in [0, 0.05) is 38.6 Å². The third kappa shape index (κ3) is 8.03. The molecule has 1 rings (SSSR count). The minimum atomic E-state index is -0.403. The second-order valence-corrected chi connectivity index (χ2v) is 7.23. The van der Waals surface area contributed by atoms with E-state index in [0.717, 1.165) is 12.0 Å². The zero-order valence-electron chi connectivity index (χ0n) is 15.8. The predicted octanol–water partition coefficient (Wildman–Crippen LogP) is 2.10. The van der Waals surface area contributed by atoms with Crippen molar-refractivity contribution in [2.45, 2.75) is 45.7 Å². The zero-order chi connectivity index (χ0) is 18.9. The van der Waals surface area contributed by atoms with E-state index in [0.29, 0.717) is 25.6 Å². The lowest BCUT2D eigenvalue weighted by atomic mass is 9.90. The van der Waals surface area contributed by atoms with Gasteiger partial charge in [0.05, 0.1) is 0 Å². The summed E-state index contributed by atoms with van der Waals surface area (Å²) in [5.41, 5.74) is 6.46. The van der Waals surface area contributed by atoms with Gasteiger partial charge in [-0.1, -0.05) is 44.2 Å². The fourth-order valence-electron chi connectivity index (χ4n) is 2.83. The second-order valence-electron chi connectivity index (χ2n) is 7.23. The molecule has 1 unspecified atom stereocenters. The van der Waals surface area contributed by atoms with Gasteiger partial charge in [-0.25, -0.2) is 4.79 Å². The largest absolute Gasteiger partial charge is 0.350 e. The monoisotopic (exact) mass is 348 g/mol. The van der Waals surface area contributed by atoms with Gasteiger partial charge in [-0.3, -0.25) is 4.79 Å². The summed E-state index contributed by atoms with van der Waals surface area (Å²) < 4.78 is 0. The van der Waals surface area contributed by atoms with Crippen molar-refractivity contribution >= 4 is 11.9 Å². The molecule has 0 aliphatic heterocycles. The molecule has 3 amide bonds. The smallest absolute Gasteiger partial charge is 0.317 e. The summed E-state index contributed by atoms with van der Waals surface area (Å²) in [7, 11) is 1.73. The van der Waals surface area contributed by atoms with E-state index in [1.165, 1.54) is 0 Å². The molecule has 0 radical (unpaired) electrons. The van der Waals surface area contributed by atoms with Crippen LogP contribution in [-0.2, 0) is 11.3 Å². The van der Waals surface area contributed by atoms with E-state index in [-0.39, 0.29) is 18.4 Å². The number of nitrogens with two attached hydrogens (primary N) is 1. The van der Waals surface area contributed by atoms with Gasteiger partial charge < -0.3 is 21.3 Å². The highest BCUT2D eigenvalue weighted by atomic mass is 16.2. The summed E-state index contributed by atoms with van der Waals surface area (Å²) in [5.74, 6) is 0.347. The number of nitrogens with one attached hydrogen (secondary N) is 2. The van der Waals surface area contributed by atoms with E-state index in [2.05, 4.69) is 24.5 Å². The predicted molar refractivity (Wildman–Crippen MR) is 101 cm³/mol. The molecule has 1 atom stereocenters. The number of nitrogens with zero attached hydrogens (tertiary/aromatic N) is 1. The van der Waals surface area contributed by atoms with Crippen molar-refractivity contribution in [3.8, 4) is 0 Å². The molecular weight excluding hydrogens is 316 g/mol. The zero-order valence-corrected chi connectivity index (χ0v) is 15.8. The highest BCUT2D eigenvalue weighted by molar-refractivity contribution is 5.78. The van der Waals surface area contributed by atoms with Gasteiger partial charge in [0.25, 0.3) is 0 Å². The molecular formula is C19H32N4O2. The fraction of sp³-hybridized carbons (Fsp3) is 0.579. The molecule has 140 valence electrons. The molecule has 0 spiro atoms. The average molecular weight is 348 g/mol. The average Bonchev–Trinajstić information content (AvgIpc) is 2.54. The van der Waals surface area contributed by atoms with E-state index < -0.39 is 5.54 Å². The number of hydrogen-bond acceptors (Lipinski definition) is 3. The Balaban J connectivity index is 2.35. The van der Waals surface area contributed by atoms with Crippen molar-refractivity contribution in [3.63, 3.8) is 0 Å². The lowest BCUT2D eigenvalue weighted by Gasteiger charge is -2.31. The number of hydrogen-bond donors (Lipinski definition) is 3. The Hall–Kier alpha value is -2.08. The Morgan fingerprint density at radius 1 is 1.24 bits per heavy atom. The Morgan fingerprint density at radius 3 is 2.44 bits per heavy atom. The van der Waals surface area contributed by atoms with E-state index in [4.69, 9.17) is 5.73 Å². The van der Waals surface area contributed by atoms with Crippen molar-refractivity contribution in [2.75, 3.05) is 20.1 Å². The van der Waals surface area contributed by atoms with Crippen LogP contribution < -0.4 is 16.4 Å². The molecule has 0 bridgehead atoms. The highest BCUT2D eigenvalue weighted by Gasteiger charge is 2.25. The van der Waals surface area contributed by atoms with Crippen molar-refractivity contribution in [3.05, 3.63) is 35.9 Å². The Labute approximate surface area is 151 Å². The van der Waals surface area contributed by atoms with E-state index in [9.17, 15) is 9.59 Å². The molecule has 0 aliphatic carbocycles. The van der Waals surface area contributed by atoms with Crippen LogP contribution in [-0.4, -0.2) is 42.5 Å². The Kier molecular flexibility index (Phi) is 8.41. The van der Waals surface area contributed by atoms with Crippen molar-refractivity contribution in [2.24, 2.45) is 11.7 Å². The Morgan fingerprint density at radius 2 is 1.88 bits per heavy atom. The number of benzene rings is 1. The maximum atomic E-state index is 12.1. The van der Waals surface area contributed by atoms with Gasteiger partial charge in [0.2, 0.25) is 5.91 Å². The number of carbonyl (C=O) groups excluding carboxylic acids is 2. The van der Waals surface area contributed by atoms with Gasteiger partial charge in [0.15, 0.2) is 0 Å². The van der Waals surface area contributed by atoms with Gasteiger partial charge in [0.1, 0.15) is 0 Å². The lowest BCUT2D eigenvalue weighted by molar-refractivity contribution is -0.122. The van der Waals surface area contributed by atoms with Crippen molar-refractivity contribution in [1.82, 2.24) is 15.5 Å². The van der Waals surface area contributed by atoms with Gasteiger partial charge in [-0.05, 0) is 24.8 Å². The summed E-state index contributed by atoms with van der Waals surface area (Å²) in [5, 5.41) is 5.76. The van der Waals surface area contributed by atoms with Gasteiger partial charge in [-0.2, -0.15) is 0 Å². The van der Waals surface area contributed by atoms with Crippen LogP contribution in [0.2, 0.25) is 0 Å². The second kappa shape index (κ2) is 10.0. The van der Waals surface area contributed by atoms with Crippen LogP contribution in [0.1, 0.15) is 39.2 Å². The molecule has 0 saturated heterocycles. The number of carbonyl (C=O) groups is 2. The first kappa shape index (κ1) is 21.0. The summed E-state index contributed by atoms with van der Waals surface area (Å²) in [4.78, 5) is 25.8. The number of urea groups is 1. The molecule has 1 aromatic rings. The molecule has 0 saturated carbocycles. The number of amides is 3. The molecule has 6 nitrogen and oxygen atoms in total. The van der Waals surface area contributed by atoms with Gasteiger partial charge in [-0.15, -0.1) is 0 Å². The highest BCUT2D eigenvalue weighted by Crippen LogP contribution is 2.15. The van der Waals surface area contributed by atoms with Crippen LogP contribution in [0.3, 0.4) is 0 Å². The van der Waals surface area contributed by atoms with Gasteiger partial charge >= 0.3 is 6.03 Å².